The largest absolute Gasteiger partial charge is 0.497 e. The van der Waals surface area contributed by atoms with Gasteiger partial charge in [-0.05, 0) is 18.6 Å². The number of methoxy groups -OCH3 is 2. The number of benzene rings is 1. The van der Waals surface area contributed by atoms with Crippen molar-refractivity contribution >= 4 is 11.7 Å². The molecule has 5 nitrogen and oxygen atoms in total. The number of rotatable bonds is 3. The van der Waals surface area contributed by atoms with Crippen LogP contribution in [0.5, 0.6) is 11.5 Å². The van der Waals surface area contributed by atoms with Crippen LogP contribution < -0.4 is 19.7 Å². The number of nitrogens with one attached hydrogen (secondary N) is 1. The standard InChI is InChI=1S/C12H16N2O3/c1-16-9-4-5-11(17-2)10(8-9)14-7-3-6-13-12(14)15/h4-5,8H,3,6-7H2,1-2H3,(H,13,15). The molecule has 5 heteroatoms. The molecule has 1 heterocycles. The van der Waals surface area contributed by atoms with E-state index in [1.165, 1.54) is 0 Å². The van der Waals surface area contributed by atoms with Gasteiger partial charge in [-0.2, -0.15) is 0 Å². The smallest absolute Gasteiger partial charge is 0.321 e. The van der Waals surface area contributed by atoms with Crippen LogP contribution in [0.15, 0.2) is 18.2 Å². The fourth-order valence-electron chi connectivity index (χ4n) is 1.87. The molecule has 1 aliphatic rings. The molecule has 1 aromatic carbocycles. The molecule has 17 heavy (non-hydrogen) atoms. The number of hydrogen-bond acceptors (Lipinski definition) is 3. The molecule has 0 spiro atoms. The molecule has 2 rings (SSSR count). The van der Waals surface area contributed by atoms with E-state index >= 15 is 0 Å². The summed E-state index contributed by atoms with van der Waals surface area (Å²) >= 11 is 0. The average molecular weight is 236 g/mol. The number of nitrogens with zero attached hydrogens (tertiary/aromatic N) is 1. The van der Waals surface area contributed by atoms with Crippen LogP contribution in [0.2, 0.25) is 0 Å². The Kier molecular flexibility index (Phi) is 3.37. The molecule has 1 fully saturated rings. The van der Waals surface area contributed by atoms with Crippen molar-refractivity contribution in [2.45, 2.75) is 6.42 Å². The Bertz CT molecular complexity index is 420. The number of urea groups is 1. The first-order valence-electron chi connectivity index (χ1n) is 5.53. The lowest BCUT2D eigenvalue weighted by molar-refractivity contribution is 0.242. The third kappa shape index (κ3) is 2.27. The van der Waals surface area contributed by atoms with Crippen molar-refractivity contribution in [3.8, 4) is 11.5 Å². The molecule has 0 aromatic heterocycles. The number of hydrogen-bond donors (Lipinski definition) is 1. The topological polar surface area (TPSA) is 50.8 Å². The van der Waals surface area contributed by atoms with Crippen LogP contribution in [-0.2, 0) is 0 Å². The summed E-state index contributed by atoms with van der Waals surface area (Å²) in [6.07, 6.45) is 0.923. The summed E-state index contributed by atoms with van der Waals surface area (Å²) in [4.78, 5) is 13.5. The summed E-state index contributed by atoms with van der Waals surface area (Å²) < 4.78 is 10.4. The summed E-state index contributed by atoms with van der Waals surface area (Å²) in [6, 6.07) is 5.33. The first-order chi connectivity index (χ1) is 8.26. The van der Waals surface area contributed by atoms with Crippen LogP contribution in [0, 0.1) is 0 Å². The van der Waals surface area contributed by atoms with Crippen LogP contribution in [0.1, 0.15) is 6.42 Å². The van der Waals surface area contributed by atoms with Gasteiger partial charge in [0.25, 0.3) is 0 Å². The maximum absolute atomic E-state index is 11.8. The number of amides is 2. The number of carbonyl (C=O) groups excluding carboxylic acids is 1. The van der Waals surface area contributed by atoms with Gasteiger partial charge in [-0.1, -0.05) is 0 Å². The van der Waals surface area contributed by atoms with Crippen molar-refractivity contribution in [3.05, 3.63) is 18.2 Å². The van der Waals surface area contributed by atoms with E-state index in [0.717, 1.165) is 18.7 Å². The molecule has 1 aliphatic heterocycles. The Morgan fingerprint density at radius 3 is 2.76 bits per heavy atom. The second-order valence-corrected chi connectivity index (χ2v) is 3.77. The van der Waals surface area contributed by atoms with Gasteiger partial charge >= 0.3 is 6.03 Å². The third-order valence-corrected chi connectivity index (χ3v) is 2.76. The van der Waals surface area contributed by atoms with Crippen LogP contribution in [0.25, 0.3) is 0 Å². The summed E-state index contributed by atoms with van der Waals surface area (Å²) in [7, 11) is 3.19. The highest BCUT2D eigenvalue weighted by atomic mass is 16.5. The quantitative estimate of drug-likeness (QED) is 0.867. The second-order valence-electron chi connectivity index (χ2n) is 3.77. The minimum atomic E-state index is -0.0946. The predicted octanol–water partition coefficient (Wildman–Crippen LogP) is 1.62. The second kappa shape index (κ2) is 4.95. The maximum atomic E-state index is 11.8. The molecule has 0 unspecified atom stereocenters. The van der Waals surface area contributed by atoms with Crippen molar-refractivity contribution in [3.63, 3.8) is 0 Å². The van der Waals surface area contributed by atoms with Crippen molar-refractivity contribution in [2.75, 3.05) is 32.2 Å². The summed E-state index contributed by atoms with van der Waals surface area (Å²) in [5.74, 6) is 1.38. The Morgan fingerprint density at radius 2 is 2.12 bits per heavy atom. The highest BCUT2D eigenvalue weighted by Gasteiger charge is 2.22. The van der Waals surface area contributed by atoms with Gasteiger partial charge in [0.15, 0.2) is 0 Å². The van der Waals surface area contributed by atoms with E-state index in [-0.39, 0.29) is 6.03 Å². The molecule has 0 radical (unpaired) electrons. The van der Waals surface area contributed by atoms with Gasteiger partial charge in [0.1, 0.15) is 11.5 Å². The lowest BCUT2D eigenvalue weighted by Gasteiger charge is -2.28. The van der Waals surface area contributed by atoms with Crippen molar-refractivity contribution in [1.29, 1.82) is 0 Å². The average Bonchev–Trinajstić information content (AvgIpc) is 2.38. The molecule has 0 aliphatic carbocycles. The van der Waals surface area contributed by atoms with Crippen LogP contribution in [0.4, 0.5) is 10.5 Å². The highest BCUT2D eigenvalue weighted by molar-refractivity contribution is 5.94. The van der Waals surface area contributed by atoms with Gasteiger partial charge < -0.3 is 14.8 Å². The molecular formula is C12H16N2O3. The number of anilines is 1. The van der Waals surface area contributed by atoms with E-state index in [2.05, 4.69) is 5.32 Å². The molecule has 1 aromatic rings. The Morgan fingerprint density at radius 1 is 1.29 bits per heavy atom. The van der Waals surface area contributed by atoms with Gasteiger partial charge in [0.2, 0.25) is 0 Å². The van der Waals surface area contributed by atoms with Gasteiger partial charge in [0.05, 0.1) is 19.9 Å². The van der Waals surface area contributed by atoms with Crippen molar-refractivity contribution in [1.82, 2.24) is 5.32 Å². The third-order valence-electron chi connectivity index (χ3n) is 2.76. The zero-order valence-electron chi connectivity index (χ0n) is 10.0. The van der Waals surface area contributed by atoms with Crippen molar-refractivity contribution < 1.29 is 14.3 Å². The van der Waals surface area contributed by atoms with Crippen LogP contribution in [-0.4, -0.2) is 33.3 Å². The van der Waals surface area contributed by atoms with Gasteiger partial charge in [0, 0.05) is 19.2 Å². The fraction of sp³-hybridized carbons (Fsp3) is 0.417. The van der Waals surface area contributed by atoms with Gasteiger partial charge in [-0.25, -0.2) is 4.79 Å². The van der Waals surface area contributed by atoms with Crippen LogP contribution in [0.3, 0.4) is 0 Å². The van der Waals surface area contributed by atoms with Gasteiger partial charge in [-0.15, -0.1) is 0 Å². The molecular weight excluding hydrogens is 220 g/mol. The first-order valence-corrected chi connectivity index (χ1v) is 5.53. The highest BCUT2D eigenvalue weighted by Crippen LogP contribution is 2.32. The SMILES string of the molecule is COc1ccc(OC)c(N2CCCNC2=O)c1. The first kappa shape index (κ1) is 11.6. The lowest BCUT2D eigenvalue weighted by Crippen LogP contribution is -2.46. The molecule has 0 bridgehead atoms. The van der Waals surface area contributed by atoms with Crippen LogP contribution >= 0.6 is 0 Å². The fourth-order valence-corrected chi connectivity index (χ4v) is 1.87. The van der Waals surface area contributed by atoms with Gasteiger partial charge in [-0.3, -0.25) is 4.90 Å². The van der Waals surface area contributed by atoms with Crippen molar-refractivity contribution in [2.24, 2.45) is 0 Å². The molecule has 1 saturated heterocycles. The van der Waals surface area contributed by atoms with E-state index < -0.39 is 0 Å². The summed E-state index contributed by atoms with van der Waals surface area (Å²) in [5.41, 5.74) is 0.740. The Balaban J connectivity index is 2.37. The minimum Gasteiger partial charge on any atom is -0.497 e. The minimum absolute atomic E-state index is 0.0946. The monoisotopic (exact) mass is 236 g/mol. The van der Waals surface area contributed by atoms with E-state index in [1.54, 1.807) is 25.2 Å². The summed E-state index contributed by atoms with van der Waals surface area (Å²) in [6.45, 7) is 1.41. The lowest BCUT2D eigenvalue weighted by atomic mass is 10.2. The molecule has 92 valence electrons. The van der Waals surface area contributed by atoms with E-state index in [4.69, 9.17) is 9.47 Å². The molecule has 0 saturated carbocycles. The number of ether oxygens (including phenoxy) is 2. The zero-order chi connectivity index (χ0) is 12.3. The number of carbonyl (C=O) groups is 1. The van der Waals surface area contributed by atoms with E-state index in [9.17, 15) is 4.79 Å². The zero-order valence-corrected chi connectivity index (χ0v) is 10.0. The van der Waals surface area contributed by atoms with E-state index in [1.807, 2.05) is 12.1 Å². The maximum Gasteiger partial charge on any atom is 0.321 e. The predicted molar refractivity (Wildman–Crippen MR) is 64.9 cm³/mol. The van der Waals surface area contributed by atoms with E-state index in [0.29, 0.717) is 18.0 Å². The normalized spacial score (nSPS) is 15.4. The molecule has 1 N–H and O–H groups in total. The Labute approximate surface area is 100 Å². The molecule has 0 atom stereocenters. The Hall–Kier alpha value is -1.91. The molecule has 2 amide bonds. The summed E-state index contributed by atoms with van der Waals surface area (Å²) in [5, 5.41) is 2.81.